The third-order valence-electron chi connectivity index (χ3n) is 6.48. The molecule has 1 fully saturated rings. The standard InChI is InChI=1S/C22H32O4/c1-7-21(5,12-13-23)20(26-14-25-6)17(4)22-10-8-15(2)16(3)19(22)18(24)9-11-22/h7,13,15,20H,1,4,8-12,14H2,2-3,5-6H3/t15-,20+,21-,22+/m1/s1/i13D. The van der Waals surface area contributed by atoms with Crippen molar-refractivity contribution in [2.45, 2.75) is 59.0 Å². The van der Waals surface area contributed by atoms with Gasteiger partial charge in [0.1, 0.15) is 14.4 Å². The second-order valence-corrected chi connectivity index (χ2v) is 8.01. The van der Waals surface area contributed by atoms with E-state index in [0.29, 0.717) is 12.3 Å². The highest BCUT2D eigenvalue weighted by Gasteiger charge is 2.52. The van der Waals surface area contributed by atoms with Gasteiger partial charge in [-0.3, -0.25) is 4.79 Å². The molecule has 2 rings (SSSR count). The fourth-order valence-electron chi connectivity index (χ4n) is 4.60. The van der Waals surface area contributed by atoms with Gasteiger partial charge in [-0.1, -0.05) is 32.1 Å². The summed E-state index contributed by atoms with van der Waals surface area (Å²) in [6, 6.07) is 0. The first kappa shape index (κ1) is 19.2. The molecule has 26 heavy (non-hydrogen) atoms. The Morgan fingerprint density at radius 3 is 2.81 bits per heavy atom. The second-order valence-electron chi connectivity index (χ2n) is 8.01. The summed E-state index contributed by atoms with van der Waals surface area (Å²) in [5, 5.41) is 0. The Morgan fingerprint density at radius 2 is 2.23 bits per heavy atom. The van der Waals surface area contributed by atoms with E-state index in [-0.39, 0.29) is 19.0 Å². The van der Waals surface area contributed by atoms with Crippen molar-refractivity contribution in [2.75, 3.05) is 13.9 Å². The monoisotopic (exact) mass is 361 g/mol. The molecule has 2 aliphatic carbocycles. The second kappa shape index (κ2) is 8.01. The van der Waals surface area contributed by atoms with Crippen LogP contribution in [0.1, 0.15) is 54.2 Å². The van der Waals surface area contributed by atoms with Crippen molar-refractivity contribution in [3.8, 4) is 0 Å². The number of ketones is 1. The van der Waals surface area contributed by atoms with Crippen LogP contribution in [-0.4, -0.2) is 32.1 Å². The molecule has 0 aromatic carbocycles. The lowest BCUT2D eigenvalue weighted by Gasteiger charge is -2.45. The summed E-state index contributed by atoms with van der Waals surface area (Å²) in [6.45, 7) is 14.4. The molecule has 0 heterocycles. The van der Waals surface area contributed by atoms with E-state index in [4.69, 9.17) is 10.8 Å². The van der Waals surface area contributed by atoms with Crippen LogP contribution in [0.15, 0.2) is 36.0 Å². The normalized spacial score (nSPS) is 29.6. The van der Waals surface area contributed by atoms with E-state index in [2.05, 4.69) is 27.0 Å². The number of allylic oxidation sites excluding steroid dienone is 2. The van der Waals surface area contributed by atoms with E-state index in [1.165, 1.54) is 7.11 Å². The van der Waals surface area contributed by atoms with Gasteiger partial charge in [-0.15, -0.1) is 6.58 Å². The highest BCUT2D eigenvalue weighted by atomic mass is 16.7. The number of rotatable bonds is 9. The molecule has 0 radical (unpaired) electrons. The molecule has 0 aromatic rings. The predicted octanol–water partition coefficient (Wildman–Crippen LogP) is 4.41. The number of hydrogen-bond donors (Lipinski definition) is 0. The van der Waals surface area contributed by atoms with E-state index in [1.54, 1.807) is 6.08 Å². The van der Waals surface area contributed by atoms with Crippen LogP contribution in [0.5, 0.6) is 0 Å². The maximum Gasteiger partial charge on any atom is 0.159 e. The molecule has 0 saturated heterocycles. The van der Waals surface area contributed by atoms with Gasteiger partial charge in [0.15, 0.2) is 5.78 Å². The summed E-state index contributed by atoms with van der Waals surface area (Å²) in [4.78, 5) is 24.3. The Bertz CT molecular complexity index is 680. The average Bonchev–Trinajstić information content (AvgIpc) is 2.96. The molecule has 4 atom stereocenters. The lowest BCUT2D eigenvalue weighted by molar-refractivity contribution is -0.117. The van der Waals surface area contributed by atoms with Crippen molar-refractivity contribution in [3.63, 3.8) is 0 Å². The Hall–Kier alpha value is -1.52. The van der Waals surface area contributed by atoms with E-state index in [9.17, 15) is 9.59 Å². The first-order valence-electron chi connectivity index (χ1n) is 9.80. The van der Waals surface area contributed by atoms with Crippen LogP contribution < -0.4 is 0 Å². The first-order valence-corrected chi connectivity index (χ1v) is 9.30. The van der Waals surface area contributed by atoms with Gasteiger partial charge in [0.2, 0.25) is 0 Å². The zero-order chi connectivity index (χ0) is 20.4. The van der Waals surface area contributed by atoms with Gasteiger partial charge in [-0.2, -0.15) is 0 Å². The van der Waals surface area contributed by atoms with E-state index >= 15 is 0 Å². The molecule has 0 spiro atoms. The van der Waals surface area contributed by atoms with Crippen LogP contribution in [0, 0.1) is 16.7 Å². The minimum absolute atomic E-state index is 0.0254. The Balaban J connectivity index is 2.53. The number of carbonyl (C=O) groups is 2. The van der Waals surface area contributed by atoms with Crippen molar-refractivity contribution in [3.05, 3.63) is 36.0 Å². The Kier molecular flexibility index (Phi) is 5.93. The van der Waals surface area contributed by atoms with Gasteiger partial charge in [0.05, 0.1) is 6.10 Å². The largest absolute Gasteiger partial charge is 0.359 e. The Morgan fingerprint density at radius 1 is 1.54 bits per heavy atom. The summed E-state index contributed by atoms with van der Waals surface area (Å²) in [6.07, 6.45) is 3.46. The molecule has 0 unspecified atom stereocenters. The van der Waals surface area contributed by atoms with Gasteiger partial charge in [0.25, 0.3) is 0 Å². The van der Waals surface area contributed by atoms with Gasteiger partial charge >= 0.3 is 0 Å². The molecule has 4 nitrogen and oxygen atoms in total. The third kappa shape index (κ3) is 3.37. The fourth-order valence-corrected chi connectivity index (χ4v) is 4.60. The third-order valence-corrected chi connectivity index (χ3v) is 6.48. The molecular formula is C22H32O4. The molecule has 2 aliphatic rings. The number of fused-ring (bicyclic) bond motifs is 1. The molecule has 0 N–H and O–H groups in total. The maximum atomic E-state index is 12.7. The highest BCUT2D eigenvalue weighted by molar-refractivity contribution is 6.01. The summed E-state index contributed by atoms with van der Waals surface area (Å²) in [5.74, 6) is 0.574. The molecule has 0 aromatic heterocycles. The van der Waals surface area contributed by atoms with E-state index < -0.39 is 23.2 Å². The van der Waals surface area contributed by atoms with Gasteiger partial charge < -0.3 is 14.3 Å². The van der Waals surface area contributed by atoms with Crippen LogP contribution in [-0.2, 0) is 19.1 Å². The number of ether oxygens (including phenoxy) is 2. The molecule has 4 heteroatoms. The van der Waals surface area contributed by atoms with Crippen LogP contribution in [0.3, 0.4) is 0 Å². The number of methoxy groups -OCH3 is 1. The van der Waals surface area contributed by atoms with Crippen LogP contribution in [0.2, 0.25) is 0 Å². The van der Waals surface area contributed by atoms with E-state index in [1.807, 2.05) is 6.92 Å². The SMILES string of the molecule is [2H]C(=O)C[C@@](C)(C=C)[C@@H](OCOC)C(=C)[C@]12CCC(=O)C1=C(C)[C@H](C)CC2. The van der Waals surface area contributed by atoms with Crippen molar-refractivity contribution < 1.29 is 20.4 Å². The molecule has 0 amide bonds. The first-order chi connectivity index (χ1) is 12.6. The summed E-state index contributed by atoms with van der Waals surface area (Å²) in [7, 11) is 1.54. The van der Waals surface area contributed by atoms with Crippen molar-refractivity contribution >= 4 is 12.0 Å². The van der Waals surface area contributed by atoms with Gasteiger partial charge in [0, 0.05) is 36.4 Å². The Labute approximate surface area is 158 Å². The zero-order valence-corrected chi connectivity index (χ0v) is 16.5. The van der Waals surface area contributed by atoms with Crippen LogP contribution >= 0.6 is 0 Å². The summed E-state index contributed by atoms with van der Waals surface area (Å²) >= 11 is 0. The predicted molar refractivity (Wildman–Crippen MR) is 103 cm³/mol. The molecule has 0 aliphatic heterocycles. The molecular weight excluding hydrogens is 328 g/mol. The molecule has 144 valence electrons. The number of Topliss-reactive ketones (excluding diaryl/α,β-unsaturated/α-hetero) is 1. The fraction of sp³-hybridized carbons (Fsp3) is 0.636. The quantitative estimate of drug-likeness (QED) is 0.347. The molecule has 0 bridgehead atoms. The minimum atomic E-state index is -0.795. The maximum absolute atomic E-state index is 12.7. The number of hydrogen-bond acceptors (Lipinski definition) is 4. The minimum Gasteiger partial charge on any atom is -0.359 e. The zero-order valence-electron chi connectivity index (χ0n) is 17.5. The van der Waals surface area contributed by atoms with Crippen molar-refractivity contribution in [1.29, 1.82) is 0 Å². The summed E-state index contributed by atoms with van der Waals surface area (Å²) < 4.78 is 18.6. The van der Waals surface area contributed by atoms with E-state index in [0.717, 1.165) is 36.0 Å². The summed E-state index contributed by atoms with van der Waals surface area (Å²) in [5.41, 5.74) is 1.61. The van der Waals surface area contributed by atoms with Crippen molar-refractivity contribution in [1.82, 2.24) is 0 Å². The lowest BCUT2D eigenvalue weighted by atomic mass is 9.61. The van der Waals surface area contributed by atoms with Gasteiger partial charge in [-0.05, 0) is 37.7 Å². The number of carbonyl (C=O) groups excluding carboxylic acids is 2. The lowest BCUT2D eigenvalue weighted by Crippen LogP contribution is -2.43. The smallest absolute Gasteiger partial charge is 0.159 e. The van der Waals surface area contributed by atoms with Gasteiger partial charge in [-0.25, -0.2) is 0 Å². The van der Waals surface area contributed by atoms with Crippen LogP contribution in [0.25, 0.3) is 0 Å². The topological polar surface area (TPSA) is 52.6 Å². The average molecular weight is 362 g/mol. The van der Waals surface area contributed by atoms with Crippen molar-refractivity contribution in [2.24, 2.45) is 16.7 Å². The van der Waals surface area contributed by atoms with Crippen LogP contribution in [0.4, 0.5) is 0 Å². The number of aldehydes is 1. The molecule has 1 saturated carbocycles. The highest BCUT2D eigenvalue weighted by Crippen LogP contribution is 2.57.